The molecule has 0 radical (unpaired) electrons. The summed E-state index contributed by atoms with van der Waals surface area (Å²) < 4.78 is 0. The van der Waals surface area contributed by atoms with Crippen LogP contribution in [-0.2, 0) is 23.2 Å². The molecule has 0 aromatic heterocycles. The van der Waals surface area contributed by atoms with Crippen LogP contribution in [0.3, 0.4) is 0 Å². The Morgan fingerprint density at radius 2 is 0.500 bits per heavy atom. The molecule has 304 valence electrons. The first-order valence-corrected chi connectivity index (χ1v) is 24.7. The highest BCUT2D eigenvalue weighted by Crippen LogP contribution is 2.61. The molecule has 0 N–H and O–H groups in total. The van der Waals surface area contributed by atoms with E-state index in [1.807, 2.05) is 0 Å². The minimum atomic E-state index is -2.20. The second-order valence-electron chi connectivity index (χ2n) is 17.8. The monoisotopic (exact) mass is 948 g/mol. The molecule has 0 aliphatic carbocycles. The molecule has 8 rings (SSSR count). The first kappa shape index (κ1) is 45.4. The first-order valence-electron chi connectivity index (χ1n) is 20.7. The molecule has 0 unspecified atom stereocenters. The second kappa shape index (κ2) is 18.8. The van der Waals surface area contributed by atoms with Crippen molar-refractivity contribution in [3.05, 3.63) is 229 Å². The van der Waals surface area contributed by atoms with Crippen molar-refractivity contribution in [1.82, 2.24) is 0 Å². The average molecular weight is 951 g/mol. The molecular weight excluding hydrogens is 894 g/mol. The molecule has 0 amide bonds. The van der Waals surface area contributed by atoms with Gasteiger partial charge in [0.15, 0.2) is 0 Å². The summed E-state index contributed by atoms with van der Waals surface area (Å²) >= 11 is 0. The van der Waals surface area contributed by atoms with Gasteiger partial charge in [-0.05, 0) is 117 Å². The fourth-order valence-corrected chi connectivity index (χ4v) is 17.3. The standard InChI is InChI=1S/C56H56P2.2BrH/c1-55(2,3)45-37-43(41-57(47-25-13-7-14-26-47,48-27-15-8-16-28-48)49-29-17-9-18-30-49)54-40-46(56(4,5)6)38-44(53(54)39-45)42-58(50-31-19-10-20-32-50,51-33-21-11-22-34-51)52-35-23-12-24-36-52;;/h7-40H,41-42H2,1-6H3;2*1H/q+2;;/p-2. The Kier molecular flexibility index (Phi) is 14.3. The van der Waals surface area contributed by atoms with Gasteiger partial charge in [-0.2, -0.15) is 0 Å². The van der Waals surface area contributed by atoms with Gasteiger partial charge in [0.05, 0.1) is 12.3 Å². The molecule has 0 aliphatic rings. The van der Waals surface area contributed by atoms with Crippen LogP contribution in [0.4, 0.5) is 0 Å². The van der Waals surface area contributed by atoms with Crippen LogP contribution in [0.5, 0.6) is 0 Å². The molecular formula is C56H56Br2P2. The highest BCUT2D eigenvalue weighted by Gasteiger charge is 2.48. The van der Waals surface area contributed by atoms with E-state index in [1.165, 1.54) is 64.9 Å². The van der Waals surface area contributed by atoms with Crippen molar-refractivity contribution in [2.75, 3.05) is 0 Å². The number of benzene rings is 8. The zero-order chi connectivity index (χ0) is 40.4. The molecule has 0 spiro atoms. The van der Waals surface area contributed by atoms with E-state index < -0.39 is 14.5 Å². The summed E-state index contributed by atoms with van der Waals surface area (Å²) in [6.07, 6.45) is 1.85. The lowest BCUT2D eigenvalue weighted by atomic mass is 9.81. The first-order chi connectivity index (χ1) is 28.0. The Morgan fingerprint density at radius 3 is 0.683 bits per heavy atom. The van der Waals surface area contributed by atoms with Crippen LogP contribution in [0, 0.1) is 0 Å². The molecule has 0 heterocycles. The third-order valence-corrected chi connectivity index (χ3v) is 20.7. The second-order valence-corrected chi connectivity index (χ2v) is 24.8. The van der Waals surface area contributed by atoms with Gasteiger partial charge in [0.2, 0.25) is 0 Å². The maximum absolute atomic E-state index is 2.58. The normalized spacial score (nSPS) is 12.0. The lowest BCUT2D eigenvalue weighted by molar-refractivity contribution is -0.00100. The van der Waals surface area contributed by atoms with Gasteiger partial charge in [0.25, 0.3) is 0 Å². The highest BCUT2D eigenvalue weighted by molar-refractivity contribution is 7.95. The van der Waals surface area contributed by atoms with Crippen molar-refractivity contribution in [2.24, 2.45) is 0 Å². The van der Waals surface area contributed by atoms with Crippen molar-refractivity contribution in [3.63, 3.8) is 0 Å². The molecule has 0 nitrogen and oxygen atoms in total. The van der Waals surface area contributed by atoms with Crippen LogP contribution >= 0.6 is 14.5 Å². The molecule has 8 aromatic rings. The minimum Gasteiger partial charge on any atom is -1.00 e. The van der Waals surface area contributed by atoms with Gasteiger partial charge in [0.1, 0.15) is 46.4 Å². The predicted molar refractivity (Wildman–Crippen MR) is 259 cm³/mol. The van der Waals surface area contributed by atoms with E-state index in [2.05, 4.69) is 248 Å². The summed E-state index contributed by atoms with van der Waals surface area (Å²) in [5.74, 6) is 0. The zero-order valence-electron chi connectivity index (χ0n) is 35.7. The molecule has 60 heavy (non-hydrogen) atoms. The highest BCUT2D eigenvalue weighted by atomic mass is 79.9. The molecule has 0 atom stereocenters. The lowest BCUT2D eigenvalue weighted by Gasteiger charge is -2.31. The van der Waals surface area contributed by atoms with Gasteiger partial charge in [-0.1, -0.05) is 175 Å². The SMILES string of the molecule is CC(C)(C)c1cc(C[P+](c2ccccc2)(c2ccccc2)c2ccccc2)c2cc(C(C)(C)C)cc(C[P+](c3ccccc3)(c3ccccc3)c3ccccc3)c2c1.[Br-].[Br-]. The van der Waals surface area contributed by atoms with E-state index >= 15 is 0 Å². The van der Waals surface area contributed by atoms with E-state index in [0.29, 0.717) is 0 Å². The zero-order valence-corrected chi connectivity index (χ0v) is 40.7. The third-order valence-electron chi connectivity index (χ3n) is 12.0. The lowest BCUT2D eigenvalue weighted by Crippen LogP contribution is -3.00. The van der Waals surface area contributed by atoms with E-state index in [0.717, 1.165) is 12.3 Å². The molecule has 4 heteroatoms. The van der Waals surface area contributed by atoms with Crippen LogP contribution in [0.25, 0.3) is 10.8 Å². The van der Waals surface area contributed by atoms with Crippen molar-refractivity contribution >= 4 is 57.1 Å². The molecule has 8 aromatic carbocycles. The van der Waals surface area contributed by atoms with E-state index in [-0.39, 0.29) is 44.8 Å². The van der Waals surface area contributed by atoms with Crippen molar-refractivity contribution < 1.29 is 34.0 Å². The summed E-state index contributed by atoms with van der Waals surface area (Å²) in [6, 6.07) is 78.6. The summed E-state index contributed by atoms with van der Waals surface area (Å²) in [5, 5.41) is 11.2. The molecule has 0 aliphatic heterocycles. The molecule has 0 bridgehead atoms. The fourth-order valence-electron chi connectivity index (χ4n) is 8.79. The molecule has 0 fully saturated rings. The Morgan fingerprint density at radius 1 is 0.300 bits per heavy atom. The number of hydrogen-bond acceptors (Lipinski definition) is 0. The van der Waals surface area contributed by atoms with Crippen molar-refractivity contribution in [1.29, 1.82) is 0 Å². The van der Waals surface area contributed by atoms with Crippen molar-refractivity contribution in [3.8, 4) is 0 Å². The average Bonchev–Trinajstić information content (AvgIpc) is 3.25. The number of rotatable bonds is 10. The maximum Gasteiger partial charge on any atom is 0.116 e. The topological polar surface area (TPSA) is 0 Å². The van der Waals surface area contributed by atoms with Gasteiger partial charge in [-0.25, -0.2) is 0 Å². The number of hydrogen-bond donors (Lipinski definition) is 0. The van der Waals surface area contributed by atoms with Gasteiger partial charge in [-0.15, -0.1) is 0 Å². The maximum atomic E-state index is 2.58. The van der Waals surface area contributed by atoms with Gasteiger partial charge in [0, 0.05) is 0 Å². The Labute approximate surface area is 381 Å². The van der Waals surface area contributed by atoms with Crippen LogP contribution in [-0.4, -0.2) is 0 Å². The van der Waals surface area contributed by atoms with Crippen molar-refractivity contribution in [2.45, 2.75) is 64.7 Å². The summed E-state index contributed by atoms with van der Waals surface area (Å²) in [7, 11) is -4.40. The molecule has 0 saturated heterocycles. The fraction of sp³-hybridized carbons (Fsp3) is 0.179. The van der Waals surface area contributed by atoms with Gasteiger partial charge in [-0.3, -0.25) is 0 Å². The van der Waals surface area contributed by atoms with Crippen LogP contribution in [0.15, 0.2) is 206 Å². The van der Waals surface area contributed by atoms with Gasteiger partial charge < -0.3 is 34.0 Å². The van der Waals surface area contributed by atoms with Crippen LogP contribution < -0.4 is 65.8 Å². The summed E-state index contributed by atoms with van der Waals surface area (Å²) in [4.78, 5) is 0. The smallest absolute Gasteiger partial charge is 0.116 e. The number of fused-ring (bicyclic) bond motifs is 1. The summed E-state index contributed by atoms with van der Waals surface area (Å²) in [5.41, 5.74) is 5.53. The minimum absolute atomic E-state index is 0. The summed E-state index contributed by atoms with van der Waals surface area (Å²) in [6.45, 7) is 14.3. The van der Waals surface area contributed by atoms with E-state index in [9.17, 15) is 0 Å². The third kappa shape index (κ3) is 8.92. The van der Waals surface area contributed by atoms with Gasteiger partial charge >= 0.3 is 0 Å². The molecule has 0 saturated carbocycles. The Bertz CT molecular complexity index is 2220. The largest absolute Gasteiger partial charge is 1.00 e. The Hall–Kier alpha value is -4.16. The van der Waals surface area contributed by atoms with E-state index in [4.69, 9.17) is 0 Å². The van der Waals surface area contributed by atoms with E-state index in [1.54, 1.807) is 0 Å². The predicted octanol–water partition coefficient (Wildman–Crippen LogP) is 6.43. The van der Waals surface area contributed by atoms with Crippen LogP contribution in [0.1, 0.15) is 63.8 Å². The quantitative estimate of drug-likeness (QED) is 0.139. The van der Waals surface area contributed by atoms with Crippen LogP contribution in [0.2, 0.25) is 0 Å². The Balaban J connectivity index is 0.00000302. The number of halogens is 2.